The minimum atomic E-state index is 0.301. The Bertz CT molecular complexity index is 892. The lowest BCUT2D eigenvalue weighted by atomic mass is 10.0. The maximum absolute atomic E-state index is 11.4. The van der Waals surface area contributed by atoms with Crippen molar-refractivity contribution in [3.63, 3.8) is 0 Å². The Morgan fingerprint density at radius 1 is 1.17 bits per heavy atom. The van der Waals surface area contributed by atoms with Crippen molar-refractivity contribution in [2.45, 2.75) is 58.7 Å². The Morgan fingerprint density at radius 3 is 2.55 bits per heavy atom. The average Bonchev–Trinajstić information content (AvgIpc) is 2.99. The molecule has 0 atom stereocenters. The van der Waals surface area contributed by atoms with Gasteiger partial charge in [-0.1, -0.05) is 0 Å². The second-order valence-electron chi connectivity index (χ2n) is 8.84. The molecule has 0 amide bonds. The SMILES string of the molecule is CC(C)Nc1ccc2c(c1)c(C1=NCCOC1)c(O)n2C1CCN(C(C)C)CC1. The van der Waals surface area contributed by atoms with Gasteiger partial charge in [-0.3, -0.25) is 4.99 Å². The number of aliphatic imine (C=N–C) groups is 1. The predicted molar refractivity (Wildman–Crippen MR) is 120 cm³/mol. The Balaban J connectivity index is 1.78. The summed E-state index contributed by atoms with van der Waals surface area (Å²) in [5, 5.41) is 15.9. The highest BCUT2D eigenvalue weighted by molar-refractivity contribution is 6.14. The Labute approximate surface area is 173 Å². The van der Waals surface area contributed by atoms with Crippen LogP contribution in [0, 0.1) is 0 Å². The molecule has 2 aliphatic heterocycles. The molecule has 3 heterocycles. The molecule has 2 aromatic rings. The fourth-order valence-corrected chi connectivity index (χ4v) is 4.65. The molecule has 2 aliphatic rings. The zero-order valence-electron chi connectivity index (χ0n) is 18.1. The number of rotatable bonds is 5. The van der Waals surface area contributed by atoms with Crippen LogP contribution in [0.4, 0.5) is 5.69 Å². The number of aromatic nitrogens is 1. The van der Waals surface area contributed by atoms with E-state index >= 15 is 0 Å². The molecule has 6 heteroatoms. The molecule has 0 bridgehead atoms. The van der Waals surface area contributed by atoms with Crippen LogP contribution >= 0.6 is 0 Å². The molecule has 0 spiro atoms. The normalized spacial score (nSPS) is 19.3. The van der Waals surface area contributed by atoms with Gasteiger partial charge in [-0.15, -0.1) is 0 Å². The number of piperidine rings is 1. The van der Waals surface area contributed by atoms with Crippen LogP contribution in [0.2, 0.25) is 0 Å². The van der Waals surface area contributed by atoms with Crippen molar-refractivity contribution in [2.24, 2.45) is 4.99 Å². The van der Waals surface area contributed by atoms with Crippen LogP contribution in [0.25, 0.3) is 10.9 Å². The van der Waals surface area contributed by atoms with Gasteiger partial charge in [0.2, 0.25) is 5.88 Å². The molecule has 158 valence electrons. The molecule has 4 rings (SSSR count). The van der Waals surface area contributed by atoms with Gasteiger partial charge >= 0.3 is 0 Å². The predicted octanol–water partition coefficient (Wildman–Crippen LogP) is 4.03. The minimum absolute atomic E-state index is 0.301. The van der Waals surface area contributed by atoms with E-state index in [1.54, 1.807) is 0 Å². The lowest BCUT2D eigenvalue weighted by molar-refractivity contribution is 0.150. The van der Waals surface area contributed by atoms with Crippen molar-refractivity contribution >= 4 is 22.3 Å². The molecule has 2 N–H and O–H groups in total. The summed E-state index contributed by atoms with van der Waals surface area (Å²) >= 11 is 0. The fourth-order valence-electron chi connectivity index (χ4n) is 4.65. The zero-order valence-corrected chi connectivity index (χ0v) is 18.1. The van der Waals surface area contributed by atoms with Crippen LogP contribution < -0.4 is 5.32 Å². The van der Waals surface area contributed by atoms with Gasteiger partial charge in [0.25, 0.3) is 0 Å². The summed E-state index contributed by atoms with van der Waals surface area (Å²) in [5.41, 5.74) is 3.86. The Hall–Kier alpha value is -2.05. The van der Waals surface area contributed by atoms with Crippen molar-refractivity contribution in [1.29, 1.82) is 0 Å². The Kier molecular flexibility index (Phi) is 5.83. The van der Waals surface area contributed by atoms with Gasteiger partial charge in [0, 0.05) is 42.3 Å². The van der Waals surface area contributed by atoms with E-state index in [2.05, 4.69) is 65.7 Å². The Morgan fingerprint density at radius 2 is 1.93 bits per heavy atom. The van der Waals surface area contributed by atoms with E-state index in [0.717, 1.165) is 53.8 Å². The van der Waals surface area contributed by atoms with Crippen LogP contribution in [0.1, 0.15) is 52.1 Å². The molecule has 0 radical (unpaired) electrons. The van der Waals surface area contributed by atoms with Crippen LogP contribution in [-0.2, 0) is 4.74 Å². The highest BCUT2D eigenvalue weighted by Gasteiger charge is 2.29. The average molecular weight is 399 g/mol. The van der Waals surface area contributed by atoms with E-state index in [-0.39, 0.29) is 0 Å². The lowest BCUT2D eigenvalue weighted by Crippen LogP contribution is -2.39. The summed E-state index contributed by atoms with van der Waals surface area (Å²) in [6.07, 6.45) is 2.09. The van der Waals surface area contributed by atoms with E-state index in [0.29, 0.717) is 43.8 Å². The molecule has 1 aromatic heterocycles. The van der Waals surface area contributed by atoms with E-state index in [1.807, 2.05) is 0 Å². The summed E-state index contributed by atoms with van der Waals surface area (Å²) < 4.78 is 7.81. The number of likely N-dealkylation sites (tertiary alicyclic amines) is 1. The number of fused-ring (bicyclic) bond motifs is 1. The molecule has 1 saturated heterocycles. The molecule has 1 fully saturated rings. The lowest BCUT2D eigenvalue weighted by Gasteiger charge is -2.35. The maximum atomic E-state index is 11.4. The maximum Gasteiger partial charge on any atom is 0.201 e. The van der Waals surface area contributed by atoms with Gasteiger partial charge in [0.15, 0.2) is 0 Å². The standard InChI is InChI=1S/C23H34N4O2/c1-15(2)25-17-5-6-21-19(13-17)22(20-14-29-12-9-24-20)23(28)27(21)18-7-10-26(11-8-18)16(3)4/h5-6,13,15-16,18,25,28H,7-12,14H2,1-4H3. The number of hydrogen-bond acceptors (Lipinski definition) is 5. The first-order chi connectivity index (χ1) is 14.0. The number of nitrogens with one attached hydrogen (secondary N) is 1. The highest BCUT2D eigenvalue weighted by atomic mass is 16.5. The van der Waals surface area contributed by atoms with Gasteiger partial charge in [0.05, 0.1) is 36.6 Å². The molecule has 0 aliphatic carbocycles. The van der Waals surface area contributed by atoms with Crippen molar-refractivity contribution in [2.75, 3.05) is 38.2 Å². The van der Waals surface area contributed by atoms with E-state index in [1.165, 1.54) is 0 Å². The first-order valence-electron chi connectivity index (χ1n) is 10.9. The monoisotopic (exact) mass is 398 g/mol. The van der Waals surface area contributed by atoms with E-state index < -0.39 is 0 Å². The molecule has 6 nitrogen and oxygen atoms in total. The zero-order chi connectivity index (χ0) is 20.5. The molecule has 1 aromatic carbocycles. The van der Waals surface area contributed by atoms with Crippen molar-refractivity contribution in [3.05, 3.63) is 23.8 Å². The minimum Gasteiger partial charge on any atom is -0.494 e. The summed E-state index contributed by atoms with van der Waals surface area (Å²) in [4.78, 5) is 7.20. The van der Waals surface area contributed by atoms with Crippen LogP contribution in [0.5, 0.6) is 5.88 Å². The number of ether oxygens (including phenoxy) is 1. The number of aromatic hydroxyl groups is 1. The van der Waals surface area contributed by atoms with Gasteiger partial charge in [-0.25, -0.2) is 0 Å². The molecular weight excluding hydrogens is 364 g/mol. The molecular formula is C23H34N4O2. The number of hydrogen-bond donors (Lipinski definition) is 2. The van der Waals surface area contributed by atoms with Crippen molar-refractivity contribution < 1.29 is 9.84 Å². The summed E-state index contributed by atoms with van der Waals surface area (Å²) in [5.74, 6) is 0.342. The van der Waals surface area contributed by atoms with E-state index in [9.17, 15) is 5.11 Å². The second-order valence-corrected chi connectivity index (χ2v) is 8.84. The van der Waals surface area contributed by atoms with Crippen molar-refractivity contribution in [1.82, 2.24) is 9.47 Å². The van der Waals surface area contributed by atoms with Crippen molar-refractivity contribution in [3.8, 4) is 5.88 Å². The van der Waals surface area contributed by atoms with Gasteiger partial charge in [0.1, 0.15) is 0 Å². The largest absolute Gasteiger partial charge is 0.494 e. The third-order valence-electron chi connectivity index (χ3n) is 6.09. The summed E-state index contributed by atoms with van der Waals surface area (Å²) in [7, 11) is 0. The third-order valence-corrected chi connectivity index (χ3v) is 6.09. The quantitative estimate of drug-likeness (QED) is 0.798. The van der Waals surface area contributed by atoms with Crippen LogP contribution in [0.3, 0.4) is 0 Å². The molecule has 29 heavy (non-hydrogen) atoms. The number of benzene rings is 1. The molecule has 0 unspecified atom stereocenters. The topological polar surface area (TPSA) is 62.0 Å². The van der Waals surface area contributed by atoms with Gasteiger partial charge < -0.3 is 24.6 Å². The first-order valence-corrected chi connectivity index (χ1v) is 10.9. The van der Waals surface area contributed by atoms with Crippen LogP contribution in [-0.4, -0.2) is 65.2 Å². The smallest absolute Gasteiger partial charge is 0.201 e. The van der Waals surface area contributed by atoms with E-state index in [4.69, 9.17) is 4.74 Å². The number of anilines is 1. The van der Waals surface area contributed by atoms with Gasteiger partial charge in [-0.2, -0.15) is 0 Å². The fraction of sp³-hybridized carbons (Fsp3) is 0.609. The third kappa shape index (κ3) is 4.01. The van der Waals surface area contributed by atoms with Gasteiger partial charge in [-0.05, 0) is 58.7 Å². The summed E-state index contributed by atoms with van der Waals surface area (Å²) in [6.45, 7) is 12.7. The second kappa shape index (κ2) is 8.36. The molecule has 0 saturated carbocycles. The first kappa shape index (κ1) is 20.2. The van der Waals surface area contributed by atoms with Crippen LogP contribution in [0.15, 0.2) is 23.2 Å². The summed E-state index contributed by atoms with van der Waals surface area (Å²) in [6, 6.07) is 7.63. The highest BCUT2D eigenvalue weighted by Crippen LogP contribution is 2.39. The number of nitrogens with zero attached hydrogens (tertiary/aromatic N) is 3.